The lowest BCUT2D eigenvalue weighted by Crippen LogP contribution is -2.21. The van der Waals surface area contributed by atoms with Crippen molar-refractivity contribution in [1.29, 1.82) is 0 Å². The molecule has 1 aromatic rings. The molecule has 2 atom stereocenters. The highest BCUT2D eigenvalue weighted by atomic mass is 32.2. The Morgan fingerprint density at radius 3 is 2.44 bits per heavy atom. The molecule has 2 nitrogen and oxygen atoms in total. The number of rotatable bonds is 4. The fourth-order valence-corrected chi connectivity index (χ4v) is 2.76. The summed E-state index contributed by atoms with van der Waals surface area (Å²) in [4.78, 5) is 12.2. The van der Waals surface area contributed by atoms with E-state index in [9.17, 15) is 9.00 Å². The SMILES string of the molecule is CCC(=O)C(C)S(=O)c1ccc(C)c(C)c1. The first kappa shape index (κ1) is 13.1. The summed E-state index contributed by atoms with van der Waals surface area (Å²) < 4.78 is 12.1. The number of ketones is 1. The molecule has 88 valence electrons. The Morgan fingerprint density at radius 2 is 1.94 bits per heavy atom. The van der Waals surface area contributed by atoms with Crippen molar-refractivity contribution in [3.63, 3.8) is 0 Å². The molecule has 0 N–H and O–H groups in total. The Kier molecular flexibility index (Phi) is 4.42. The van der Waals surface area contributed by atoms with Gasteiger partial charge < -0.3 is 0 Å². The van der Waals surface area contributed by atoms with Crippen LogP contribution in [0.4, 0.5) is 0 Å². The van der Waals surface area contributed by atoms with E-state index in [2.05, 4.69) is 0 Å². The topological polar surface area (TPSA) is 34.1 Å². The van der Waals surface area contributed by atoms with E-state index in [4.69, 9.17) is 0 Å². The van der Waals surface area contributed by atoms with Gasteiger partial charge >= 0.3 is 0 Å². The van der Waals surface area contributed by atoms with Gasteiger partial charge in [-0.25, -0.2) is 0 Å². The first-order valence-electron chi connectivity index (χ1n) is 5.48. The van der Waals surface area contributed by atoms with Crippen LogP contribution in [0.5, 0.6) is 0 Å². The highest BCUT2D eigenvalue weighted by molar-refractivity contribution is 7.86. The molecule has 3 heteroatoms. The molecule has 0 saturated heterocycles. The predicted octanol–water partition coefficient (Wildman–Crippen LogP) is 2.78. The Hall–Kier alpha value is -0.960. The Labute approximate surface area is 99.5 Å². The maximum absolute atomic E-state index is 12.1. The summed E-state index contributed by atoms with van der Waals surface area (Å²) in [6, 6.07) is 5.70. The van der Waals surface area contributed by atoms with Gasteiger partial charge in [0, 0.05) is 11.3 Å². The Morgan fingerprint density at radius 1 is 1.31 bits per heavy atom. The fourth-order valence-electron chi connectivity index (χ4n) is 1.45. The molecule has 1 rings (SSSR count). The zero-order valence-electron chi connectivity index (χ0n) is 10.2. The summed E-state index contributed by atoms with van der Waals surface area (Å²) in [5.41, 5.74) is 2.29. The maximum Gasteiger partial charge on any atom is 0.148 e. The third-order valence-electron chi connectivity index (χ3n) is 2.83. The molecule has 0 aromatic heterocycles. The average Bonchev–Trinajstić information content (AvgIpc) is 2.29. The number of hydrogen-bond acceptors (Lipinski definition) is 2. The van der Waals surface area contributed by atoms with Gasteiger partial charge in [0.1, 0.15) is 5.78 Å². The van der Waals surface area contributed by atoms with Gasteiger partial charge in [-0.15, -0.1) is 0 Å². The monoisotopic (exact) mass is 238 g/mol. The third kappa shape index (κ3) is 2.79. The van der Waals surface area contributed by atoms with Gasteiger partial charge in [0.05, 0.1) is 16.0 Å². The van der Waals surface area contributed by atoms with Crippen LogP contribution in [0.25, 0.3) is 0 Å². The van der Waals surface area contributed by atoms with Gasteiger partial charge in [-0.2, -0.15) is 0 Å². The van der Waals surface area contributed by atoms with E-state index in [1.54, 1.807) is 13.8 Å². The van der Waals surface area contributed by atoms with Crippen molar-refractivity contribution in [3.05, 3.63) is 29.3 Å². The van der Waals surface area contributed by atoms with E-state index >= 15 is 0 Å². The minimum atomic E-state index is -1.23. The molecule has 16 heavy (non-hydrogen) atoms. The predicted molar refractivity (Wildman–Crippen MR) is 67.1 cm³/mol. The van der Waals surface area contributed by atoms with Crippen LogP contribution >= 0.6 is 0 Å². The highest BCUT2D eigenvalue weighted by Crippen LogP contribution is 2.17. The summed E-state index contributed by atoms with van der Waals surface area (Å²) >= 11 is 0. The Balaban J connectivity index is 2.97. The van der Waals surface area contributed by atoms with Crippen molar-refractivity contribution in [3.8, 4) is 0 Å². The molecule has 0 fully saturated rings. The number of benzene rings is 1. The molecule has 0 aliphatic heterocycles. The van der Waals surface area contributed by atoms with E-state index in [0.29, 0.717) is 6.42 Å². The summed E-state index contributed by atoms with van der Waals surface area (Å²) in [6.07, 6.45) is 0.442. The molecule has 0 saturated carbocycles. The second-order valence-electron chi connectivity index (χ2n) is 4.01. The molecule has 0 amide bonds. The van der Waals surface area contributed by atoms with Crippen LogP contribution in [-0.2, 0) is 15.6 Å². The standard InChI is InChI=1S/C13H18O2S/c1-5-13(14)11(4)16(15)12-7-6-9(2)10(3)8-12/h6-8,11H,5H2,1-4H3. The first-order chi connectivity index (χ1) is 7.47. The van der Waals surface area contributed by atoms with E-state index in [1.165, 1.54) is 5.56 Å². The van der Waals surface area contributed by atoms with Gasteiger partial charge in [0.25, 0.3) is 0 Å². The zero-order chi connectivity index (χ0) is 12.3. The number of Topliss-reactive ketones (excluding diaryl/α,β-unsaturated/α-hetero) is 1. The van der Waals surface area contributed by atoms with Gasteiger partial charge in [0.15, 0.2) is 0 Å². The summed E-state index contributed by atoms with van der Waals surface area (Å²) in [5.74, 6) is 0.0524. The highest BCUT2D eigenvalue weighted by Gasteiger charge is 2.19. The smallest absolute Gasteiger partial charge is 0.148 e. The maximum atomic E-state index is 12.1. The minimum Gasteiger partial charge on any atom is -0.298 e. The van der Waals surface area contributed by atoms with Gasteiger partial charge in [0.2, 0.25) is 0 Å². The molecule has 0 radical (unpaired) electrons. The van der Waals surface area contributed by atoms with Crippen LogP contribution in [0.15, 0.2) is 23.1 Å². The van der Waals surface area contributed by atoms with Gasteiger partial charge in [-0.05, 0) is 44.0 Å². The van der Waals surface area contributed by atoms with E-state index < -0.39 is 16.0 Å². The van der Waals surface area contributed by atoms with Crippen molar-refractivity contribution < 1.29 is 9.00 Å². The van der Waals surface area contributed by atoms with Crippen molar-refractivity contribution in [2.24, 2.45) is 0 Å². The lowest BCUT2D eigenvalue weighted by molar-refractivity contribution is -0.118. The van der Waals surface area contributed by atoms with Crippen molar-refractivity contribution in [2.75, 3.05) is 0 Å². The number of carbonyl (C=O) groups is 1. The summed E-state index contributed by atoms with van der Waals surface area (Å²) in [6.45, 7) is 7.54. The number of aryl methyl sites for hydroxylation is 2. The second kappa shape index (κ2) is 5.39. The lowest BCUT2D eigenvalue weighted by Gasteiger charge is -2.10. The molecule has 0 aliphatic carbocycles. The number of hydrogen-bond donors (Lipinski definition) is 0. The van der Waals surface area contributed by atoms with E-state index in [-0.39, 0.29) is 5.78 Å². The van der Waals surface area contributed by atoms with Gasteiger partial charge in [-0.1, -0.05) is 13.0 Å². The fraction of sp³-hybridized carbons (Fsp3) is 0.462. The Bertz CT molecular complexity index is 424. The molecular formula is C13H18O2S. The zero-order valence-corrected chi connectivity index (χ0v) is 11.1. The van der Waals surface area contributed by atoms with Crippen LogP contribution in [0.3, 0.4) is 0 Å². The van der Waals surface area contributed by atoms with Crippen LogP contribution < -0.4 is 0 Å². The van der Waals surface area contributed by atoms with E-state index in [1.807, 2.05) is 32.0 Å². The van der Waals surface area contributed by atoms with Gasteiger partial charge in [-0.3, -0.25) is 9.00 Å². The van der Waals surface area contributed by atoms with Crippen molar-refractivity contribution in [2.45, 2.75) is 44.3 Å². The molecule has 2 unspecified atom stereocenters. The molecule has 1 aromatic carbocycles. The molecule has 0 spiro atoms. The molecule has 0 aliphatic rings. The minimum absolute atomic E-state index is 0.0524. The molecular weight excluding hydrogens is 220 g/mol. The van der Waals surface area contributed by atoms with E-state index in [0.717, 1.165) is 10.5 Å². The van der Waals surface area contributed by atoms with Crippen LogP contribution in [0, 0.1) is 13.8 Å². The summed E-state index contributed by atoms with van der Waals surface area (Å²) in [5, 5.41) is -0.410. The first-order valence-corrected chi connectivity index (χ1v) is 6.69. The largest absolute Gasteiger partial charge is 0.298 e. The van der Waals surface area contributed by atoms with Crippen LogP contribution in [-0.4, -0.2) is 15.2 Å². The van der Waals surface area contributed by atoms with Crippen LogP contribution in [0.2, 0.25) is 0 Å². The van der Waals surface area contributed by atoms with Crippen LogP contribution in [0.1, 0.15) is 31.4 Å². The molecule has 0 bridgehead atoms. The van der Waals surface area contributed by atoms with Crippen molar-refractivity contribution in [1.82, 2.24) is 0 Å². The lowest BCUT2D eigenvalue weighted by atomic mass is 10.1. The van der Waals surface area contributed by atoms with Crippen molar-refractivity contribution >= 4 is 16.6 Å². The third-order valence-corrected chi connectivity index (χ3v) is 4.46. The normalized spacial score (nSPS) is 14.5. The number of carbonyl (C=O) groups excluding carboxylic acids is 1. The average molecular weight is 238 g/mol. The quantitative estimate of drug-likeness (QED) is 0.808. The molecule has 0 heterocycles. The second-order valence-corrected chi connectivity index (χ2v) is 5.78. The summed E-state index contributed by atoms with van der Waals surface area (Å²) in [7, 11) is -1.23.